The van der Waals surface area contributed by atoms with E-state index >= 15 is 0 Å². The van der Waals surface area contributed by atoms with Crippen molar-refractivity contribution in [2.45, 2.75) is 6.92 Å². The summed E-state index contributed by atoms with van der Waals surface area (Å²) in [4.78, 5) is 2.09. The van der Waals surface area contributed by atoms with Gasteiger partial charge in [0.2, 0.25) is 0 Å². The topological polar surface area (TPSA) is 54.1 Å². The Labute approximate surface area is 101 Å². The van der Waals surface area contributed by atoms with E-state index in [1.54, 1.807) is 7.11 Å². The maximum absolute atomic E-state index is 5.79. The van der Waals surface area contributed by atoms with Gasteiger partial charge >= 0.3 is 0 Å². The van der Waals surface area contributed by atoms with E-state index in [0.29, 0.717) is 11.4 Å². The lowest BCUT2D eigenvalue weighted by Crippen LogP contribution is -2.37. The number of hydrazone groups is 1. The molecule has 1 aliphatic rings. The number of ether oxygens (including phenoxy) is 1. The number of nitrogens with two attached hydrogens (primary N) is 1. The minimum Gasteiger partial charge on any atom is -0.495 e. The number of anilines is 2. The molecule has 0 aliphatic carbocycles. The van der Waals surface area contributed by atoms with Gasteiger partial charge < -0.3 is 15.4 Å². The molecule has 0 saturated heterocycles. The van der Waals surface area contributed by atoms with E-state index in [4.69, 9.17) is 10.5 Å². The molecule has 2 N–H and O–H groups in total. The molecule has 1 aliphatic heterocycles. The quantitative estimate of drug-likeness (QED) is 0.802. The molecule has 1 aromatic rings. The number of benzene rings is 1. The molecular formula is C12H18N4O. The number of nitrogens with zero attached hydrogens (tertiary/aromatic N) is 3. The molecule has 0 atom stereocenters. The van der Waals surface area contributed by atoms with Crippen molar-refractivity contribution in [1.82, 2.24) is 5.01 Å². The van der Waals surface area contributed by atoms with E-state index in [1.165, 1.54) is 0 Å². The highest BCUT2D eigenvalue weighted by molar-refractivity contribution is 5.81. The predicted octanol–water partition coefficient (Wildman–Crippen LogP) is 1.36. The van der Waals surface area contributed by atoms with Crippen LogP contribution in [0.5, 0.6) is 5.75 Å². The van der Waals surface area contributed by atoms with Crippen molar-refractivity contribution in [2.24, 2.45) is 5.10 Å². The first-order valence-electron chi connectivity index (χ1n) is 5.73. The second-order valence-electron chi connectivity index (χ2n) is 3.90. The SMILES string of the molecule is CCN1CCN(c2ccc(N)c(OC)c2)C=N1. The van der Waals surface area contributed by atoms with Crippen LogP contribution in [0.4, 0.5) is 11.4 Å². The van der Waals surface area contributed by atoms with Gasteiger partial charge in [-0.3, -0.25) is 5.01 Å². The summed E-state index contributed by atoms with van der Waals surface area (Å²) in [5, 5.41) is 6.38. The Kier molecular flexibility index (Phi) is 3.37. The first-order chi connectivity index (χ1) is 8.24. The number of likely N-dealkylation sites (N-methyl/N-ethyl adjacent to an activating group) is 1. The lowest BCUT2D eigenvalue weighted by molar-refractivity contribution is 0.304. The Morgan fingerprint density at radius 2 is 2.24 bits per heavy atom. The fraction of sp³-hybridized carbons (Fsp3) is 0.417. The van der Waals surface area contributed by atoms with E-state index in [9.17, 15) is 0 Å². The van der Waals surface area contributed by atoms with Crippen molar-refractivity contribution < 1.29 is 4.74 Å². The number of hydrogen-bond donors (Lipinski definition) is 1. The molecule has 0 bridgehead atoms. The molecule has 0 unspecified atom stereocenters. The van der Waals surface area contributed by atoms with Crippen LogP contribution >= 0.6 is 0 Å². The molecule has 0 spiro atoms. The predicted molar refractivity (Wildman–Crippen MR) is 70.5 cm³/mol. The molecule has 1 heterocycles. The Bertz CT molecular complexity index is 419. The van der Waals surface area contributed by atoms with Gasteiger partial charge in [-0.2, -0.15) is 5.10 Å². The van der Waals surface area contributed by atoms with Crippen LogP contribution in [0.15, 0.2) is 23.3 Å². The van der Waals surface area contributed by atoms with Crippen LogP contribution in [0.1, 0.15) is 6.92 Å². The third-order valence-corrected chi connectivity index (χ3v) is 2.87. The van der Waals surface area contributed by atoms with Gasteiger partial charge in [-0.05, 0) is 19.1 Å². The largest absolute Gasteiger partial charge is 0.495 e. The van der Waals surface area contributed by atoms with E-state index < -0.39 is 0 Å². The maximum Gasteiger partial charge on any atom is 0.143 e. The standard InChI is InChI=1S/C12H18N4O/c1-3-16-7-6-15(9-14-16)10-4-5-11(13)12(8-10)17-2/h4-5,8-9H,3,6-7,13H2,1-2H3. The number of nitrogen functional groups attached to an aromatic ring is 1. The first-order valence-corrected chi connectivity index (χ1v) is 5.73. The van der Waals surface area contributed by atoms with E-state index in [1.807, 2.05) is 29.5 Å². The lowest BCUT2D eigenvalue weighted by atomic mass is 10.2. The average Bonchev–Trinajstić information content (AvgIpc) is 2.39. The number of hydrogen-bond acceptors (Lipinski definition) is 5. The summed E-state index contributed by atoms with van der Waals surface area (Å²) in [7, 11) is 1.62. The van der Waals surface area contributed by atoms with Crippen LogP contribution in [-0.4, -0.2) is 38.1 Å². The van der Waals surface area contributed by atoms with Crippen LogP contribution in [0.3, 0.4) is 0 Å². The van der Waals surface area contributed by atoms with Gasteiger partial charge in [0.15, 0.2) is 0 Å². The molecule has 0 saturated carbocycles. The highest BCUT2D eigenvalue weighted by Gasteiger charge is 2.12. The number of rotatable bonds is 3. The van der Waals surface area contributed by atoms with E-state index in [0.717, 1.165) is 25.3 Å². The monoisotopic (exact) mass is 234 g/mol. The minimum atomic E-state index is 0.653. The van der Waals surface area contributed by atoms with E-state index in [-0.39, 0.29) is 0 Å². The normalized spacial score (nSPS) is 15.2. The summed E-state index contributed by atoms with van der Waals surface area (Å²) in [6, 6.07) is 5.77. The van der Waals surface area contributed by atoms with Crippen molar-refractivity contribution in [3.8, 4) is 5.75 Å². The zero-order valence-corrected chi connectivity index (χ0v) is 10.3. The van der Waals surface area contributed by atoms with Gasteiger partial charge in [0, 0.05) is 24.8 Å². The Morgan fingerprint density at radius 1 is 1.41 bits per heavy atom. The molecular weight excluding hydrogens is 216 g/mol. The molecule has 0 radical (unpaired) electrons. The van der Waals surface area contributed by atoms with Crippen LogP contribution in [0, 0.1) is 0 Å². The zero-order valence-electron chi connectivity index (χ0n) is 10.3. The van der Waals surface area contributed by atoms with Crippen LogP contribution < -0.4 is 15.4 Å². The smallest absolute Gasteiger partial charge is 0.143 e. The van der Waals surface area contributed by atoms with Crippen molar-refractivity contribution in [2.75, 3.05) is 37.4 Å². The fourth-order valence-corrected chi connectivity index (χ4v) is 1.79. The molecule has 0 fully saturated rings. The molecule has 17 heavy (non-hydrogen) atoms. The van der Waals surface area contributed by atoms with Gasteiger partial charge in [0.25, 0.3) is 0 Å². The molecule has 0 amide bonds. The number of methoxy groups -OCH3 is 1. The zero-order chi connectivity index (χ0) is 12.3. The molecule has 1 aromatic carbocycles. The third kappa shape index (κ3) is 2.43. The summed E-state index contributed by atoms with van der Waals surface area (Å²) in [6.07, 6.45) is 1.85. The Morgan fingerprint density at radius 3 is 2.82 bits per heavy atom. The molecule has 5 heteroatoms. The van der Waals surface area contributed by atoms with Gasteiger partial charge in [-0.25, -0.2) is 0 Å². The van der Waals surface area contributed by atoms with Gasteiger partial charge in [0.05, 0.1) is 19.3 Å². The fourth-order valence-electron chi connectivity index (χ4n) is 1.79. The minimum absolute atomic E-state index is 0.653. The summed E-state index contributed by atoms with van der Waals surface area (Å²) in [6.45, 7) is 4.89. The van der Waals surface area contributed by atoms with Gasteiger partial charge in [-0.1, -0.05) is 0 Å². The Balaban J connectivity index is 2.18. The molecule has 2 rings (SSSR count). The lowest BCUT2D eigenvalue weighted by Gasteiger charge is -2.29. The maximum atomic E-state index is 5.79. The van der Waals surface area contributed by atoms with Crippen LogP contribution in [0.25, 0.3) is 0 Å². The highest BCUT2D eigenvalue weighted by Crippen LogP contribution is 2.27. The van der Waals surface area contributed by atoms with Gasteiger partial charge in [0.1, 0.15) is 12.1 Å². The molecule has 5 nitrogen and oxygen atoms in total. The van der Waals surface area contributed by atoms with Crippen LogP contribution in [-0.2, 0) is 0 Å². The average molecular weight is 234 g/mol. The van der Waals surface area contributed by atoms with Crippen molar-refractivity contribution >= 4 is 17.7 Å². The van der Waals surface area contributed by atoms with Crippen LogP contribution in [0.2, 0.25) is 0 Å². The summed E-state index contributed by atoms with van der Waals surface area (Å²) in [5.41, 5.74) is 7.49. The van der Waals surface area contributed by atoms with Crippen molar-refractivity contribution in [3.05, 3.63) is 18.2 Å². The highest BCUT2D eigenvalue weighted by atomic mass is 16.5. The second kappa shape index (κ2) is 4.95. The third-order valence-electron chi connectivity index (χ3n) is 2.87. The summed E-state index contributed by atoms with van der Waals surface area (Å²) >= 11 is 0. The molecule has 0 aromatic heterocycles. The molecule has 92 valence electrons. The second-order valence-corrected chi connectivity index (χ2v) is 3.90. The van der Waals surface area contributed by atoms with Crippen molar-refractivity contribution in [1.29, 1.82) is 0 Å². The summed E-state index contributed by atoms with van der Waals surface area (Å²) < 4.78 is 5.21. The van der Waals surface area contributed by atoms with Crippen molar-refractivity contribution in [3.63, 3.8) is 0 Å². The summed E-state index contributed by atoms with van der Waals surface area (Å²) in [5.74, 6) is 0.703. The van der Waals surface area contributed by atoms with E-state index in [2.05, 4.69) is 16.9 Å². The first kappa shape index (κ1) is 11.6. The van der Waals surface area contributed by atoms with Gasteiger partial charge in [-0.15, -0.1) is 0 Å². The Hall–Kier alpha value is -1.91.